The summed E-state index contributed by atoms with van der Waals surface area (Å²) in [7, 11) is 3.14. The standard InChI is InChI=1S/C24H21FNO3.BrH/c1-28-22-13-18-12-19(24(27)21(18)14-23(22)29-2)10-16-6-8-26(9-7-16)15-17-4-3-5-20(25)11-17;/h3-11,13-14H,12,15H2,1-2H3;1H/q+1;/p-1/b19-10+;. The molecule has 154 valence electrons. The maximum absolute atomic E-state index is 13.3. The third-order valence-corrected chi connectivity index (χ3v) is 5.04. The van der Waals surface area contributed by atoms with Gasteiger partial charge in [-0.15, -0.1) is 0 Å². The van der Waals surface area contributed by atoms with Gasteiger partial charge in [0, 0.05) is 35.3 Å². The molecule has 1 aliphatic carbocycles. The number of allylic oxidation sites excluding steroid dienone is 1. The molecule has 6 heteroatoms. The number of Topliss-reactive ketones (excluding diaryl/α,β-unsaturated/α-hetero) is 1. The fourth-order valence-electron chi connectivity index (χ4n) is 3.57. The molecule has 4 nitrogen and oxygen atoms in total. The zero-order valence-corrected chi connectivity index (χ0v) is 18.3. The molecule has 4 rings (SSSR count). The lowest BCUT2D eigenvalue weighted by Gasteiger charge is -2.08. The molecule has 2 aromatic carbocycles. The van der Waals surface area contributed by atoms with Crippen LogP contribution in [0.4, 0.5) is 4.39 Å². The minimum absolute atomic E-state index is 0. The first-order valence-electron chi connectivity index (χ1n) is 9.31. The zero-order chi connectivity index (χ0) is 20.4. The van der Waals surface area contributed by atoms with Crippen LogP contribution in [0.1, 0.15) is 27.0 Å². The van der Waals surface area contributed by atoms with Gasteiger partial charge in [-0.2, -0.15) is 0 Å². The van der Waals surface area contributed by atoms with Gasteiger partial charge in [-0.25, -0.2) is 8.96 Å². The van der Waals surface area contributed by atoms with Crippen molar-refractivity contribution >= 4 is 11.9 Å². The van der Waals surface area contributed by atoms with Crippen LogP contribution in [0.15, 0.2) is 66.5 Å². The molecule has 0 aliphatic heterocycles. The second-order valence-corrected chi connectivity index (χ2v) is 6.97. The molecule has 0 saturated heterocycles. The number of ketones is 1. The van der Waals surface area contributed by atoms with Gasteiger partial charge in [0.15, 0.2) is 36.2 Å². The number of hydrogen-bond acceptors (Lipinski definition) is 3. The smallest absolute Gasteiger partial charge is 0.189 e. The summed E-state index contributed by atoms with van der Waals surface area (Å²) < 4.78 is 26.0. The summed E-state index contributed by atoms with van der Waals surface area (Å²) in [5, 5.41) is 0. The number of carbonyl (C=O) groups excluding carboxylic acids is 1. The van der Waals surface area contributed by atoms with Crippen LogP contribution in [0.5, 0.6) is 11.5 Å². The molecule has 30 heavy (non-hydrogen) atoms. The molecule has 0 unspecified atom stereocenters. The molecule has 0 atom stereocenters. The summed E-state index contributed by atoms with van der Waals surface area (Å²) in [6.45, 7) is 0.582. The molecule has 0 bridgehead atoms. The van der Waals surface area contributed by atoms with E-state index in [4.69, 9.17) is 9.47 Å². The maximum Gasteiger partial charge on any atom is 0.189 e. The van der Waals surface area contributed by atoms with Crippen molar-refractivity contribution in [2.24, 2.45) is 0 Å². The molecule has 0 N–H and O–H groups in total. The van der Waals surface area contributed by atoms with E-state index in [-0.39, 0.29) is 28.6 Å². The van der Waals surface area contributed by atoms with Crippen LogP contribution < -0.4 is 31.0 Å². The number of ether oxygens (including phenoxy) is 2. The maximum atomic E-state index is 13.3. The van der Waals surface area contributed by atoms with Crippen molar-refractivity contribution in [3.63, 3.8) is 0 Å². The first kappa shape index (κ1) is 21.7. The van der Waals surface area contributed by atoms with Gasteiger partial charge in [0.05, 0.1) is 14.2 Å². The van der Waals surface area contributed by atoms with E-state index in [1.807, 2.05) is 47.3 Å². The third kappa shape index (κ3) is 4.44. The zero-order valence-electron chi connectivity index (χ0n) is 16.7. The van der Waals surface area contributed by atoms with Crippen molar-refractivity contribution in [3.05, 3.63) is 94.6 Å². The Kier molecular flexibility index (Phi) is 6.67. The van der Waals surface area contributed by atoms with Gasteiger partial charge in [-0.05, 0) is 41.5 Å². The molecule has 0 radical (unpaired) electrons. The molecule has 1 aromatic heterocycles. The predicted molar refractivity (Wildman–Crippen MR) is 108 cm³/mol. The highest BCUT2D eigenvalue weighted by atomic mass is 79.9. The van der Waals surface area contributed by atoms with Gasteiger partial charge in [0.2, 0.25) is 0 Å². The van der Waals surface area contributed by atoms with Crippen molar-refractivity contribution in [3.8, 4) is 11.5 Å². The van der Waals surface area contributed by atoms with Gasteiger partial charge >= 0.3 is 0 Å². The SMILES string of the molecule is COc1cc2c(cc1OC)C(=O)/C(=C/c1cc[n+](Cc3cccc(F)c3)cc1)C2.[Br-]. The fourth-order valence-corrected chi connectivity index (χ4v) is 3.57. The minimum Gasteiger partial charge on any atom is -1.00 e. The number of pyridine rings is 1. The molecule has 1 aliphatic rings. The van der Waals surface area contributed by atoms with Crippen LogP contribution in [-0.2, 0) is 13.0 Å². The molecule has 1 heterocycles. The van der Waals surface area contributed by atoms with Crippen molar-refractivity contribution in [1.82, 2.24) is 0 Å². The van der Waals surface area contributed by atoms with Crippen LogP contribution in [0.3, 0.4) is 0 Å². The Labute approximate surface area is 185 Å². The topological polar surface area (TPSA) is 39.4 Å². The van der Waals surface area contributed by atoms with E-state index < -0.39 is 0 Å². The average molecular weight is 470 g/mol. The van der Waals surface area contributed by atoms with Crippen LogP contribution >= 0.6 is 0 Å². The number of aromatic nitrogens is 1. The number of rotatable bonds is 5. The number of halogens is 2. The van der Waals surface area contributed by atoms with Crippen LogP contribution in [0, 0.1) is 5.82 Å². The molecule has 0 fully saturated rings. The Bertz CT molecular complexity index is 1110. The molecular weight excluding hydrogens is 449 g/mol. The lowest BCUT2D eigenvalue weighted by Crippen LogP contribution is -3.00. The first-order chi connectivity index (χ1) is 14.1. The van der Waals surface area contributed by atoms with Gasteiger partial charge in [0.25, 0.3) is 0 Å². The molecule has 0 saturated carbocycles. The lowest BCUT2D eigenvalue weighted by molar-refractivity contribution is -0.688. The van der Waals surface area contributed by atoms with E-state index >= 15 is 0 Å². The summed E-state index contributed by atoms with van der Waals surface area (Å²) in [5.74, 6) is 0.951. The van der Waals surface area contributed by atoms with E-state index in [1.165, 1.54) is 12.1 Å². The monoisotopic (exact) mass is 469 g/mol. The Morgan fingerprint density at radius 3 is 2.40 bits per heavy atom. The highest BCUT2D eigenvalue weighted by molar-refractivity contribution is 6.15. The normalized spacial score (nSPS) is 13.7. The van der Waals surface area contributed by atoms with Gasteiger partial charge in [0.1, 0.15) is 5.82 Å². The highest BCUT2D eigenvalue weighted by Crippen LogP contribution is 2.36. The predicted octanol–water partition coefficient (Wildman–Crippen LogP) is 1.01. The minimum atomic E-state index is -0.239. The third-order valence-electron chi connectivity index (χ3n) is 5.04. The van der Waals surface area contributed by atoms with E-state index in [2.05, 4.69) is 0 Å². The van der Waals surface area contributed by atoms with Gasteiger partial charge in [-0.3, -0.25) is 4.79 Å². The lowest BCUT2D eigenvalue weighted by atomic mass is 10.1. The van der Waals surface area contributed by atoms with Crippen molar-refractivity contribution in [1.29, 1.82) is 0 Å². The number of hydrogen-bond donors (Lipinski definition) is 0. The van der Waals surface area contributed by atoms with Crippen LogP contribution in [0.2, 0.25) is 0 Å². The van der Waals surface area contributed by atoms with Gasteiger partial charge < -0.3 is 26.5 Å². The summed E-state index contributed by atoms with van der Waals surface area (Å²) in [4.78, 5) is 12.8. The summed E-state index contributed by atoms with van der Waals surface area (Å²) >= 11 is 0. The van der Waals surface area contributed by atoms with Crippen LogP contribution in [-0.4, -0.2) is 20.0 Å². The Morgan fingerprint density at radius 1 is 1.03 bits per heavy atom. The fraction of sp³-hybridized carbons (Fsp3) is 0.167. The number of carbonyl (C=O) groups is 1. The van der Waals surface area contributed by atoms with Crippen LogP contribution in [0.25, 0.3) is 6.08 Å². The Hall–Kier alpha value is -2.99. The molecule has 0 amide bonds. The van der Waals surface area contributed by atoms with E-state index in [0.717, 1.165) is 22.3 Å². The number of fused-ring (bicyclic) bond motifs is 1. The average Bonchev–Trinajstić information content (AvgIpc) is 3.03. The summed E-state index contributed by atoms with van der Waals surface area (Å²) in [6, 6.07) is 14.1. The summed E-state index contributed by atoms with van der Waals surface area (Å²) in [6.07, 6.45) is 6.33. The van der Waals surface area contributed by atoms with Crippen molar-refractivity contribution < 1.29 is 40.2 Å². The number of nitrogens with zero attached hydrogens (tertiary/aromatic N) is 1. The van der Waals surface area contributed by atoms with Crippen molar-refractivity contribution in [2.75, 3.05) is 14.2 Å². The van der Waals surface area contributed by atoms with E-state index in [1.54, 1.807) is 26.4 Å². The number of methoxy groups -OCH3 is 2. The first-order valence-corrected chi connectivity index (χ1v) is 9.31. The molecule has 3 aromatic rings. The second-order valence-electron chi connectivity index (χ2n) is 6.97. The molecular formula is C24H21BrFNO3. The van der Waals surface area contributed by atoms with E-state index in [9.17, 15) is 9.18 Å². The van der Waals surface area contributed by atoms with Crippen molar-refractivity contribution in [2.45, 2.75) is 13.0 Å². The number of benzene rings is 2. The van der Waals surface area contributed by atoms with E-state index in [0.29, 0.717) is 30.0 Å². The molecule has 0 spiro atoms. The largest absolute Gasteiger partial charge is 1.00 e. The Morgan fingerprint density at radius 2 is 1.73 bits per heavy atom. The highest BCUT2D eigenvalue weighted by Gasteiger charge is 2.27. The Balaban J connectivity index is 0.00000256. The summed E-state index contributed by atoms with van der Waals surface area (Å²) in [5.41, 5.74) is 4.17. The quantitative estimate of drug-likeness (QED) is 0.413. The second kappa shape index (κ2) is 9.22. The van der Waals surface area contributed by atoms with Gasteiger partial charge in [-0.1, -0.05) is 12.1 Å².